The zero-order valence-corrected chi connectivity index (χ0v) is 23.4. The molecular formula is C27H35FN2O7S2. The van der Waals surface area contributed by atoms with Gasteiger partial charge >= 0.3 is 0 Å². The molecule has 39 heavy (non-hydrogen) atoms. The quantitative estimate of drug-likeness (QED) is 0.250. The highest BCUT2D eigenvalue weighted by Crippen LogP contribution is 2.18. The molecule has 0 amide bonds. The third-order valence-corrected chi connectivity index (χ3v) is 7.42. The first-order valence-corrected chi connectivity index (χ1v) is 15.0. The lowest BCUT2D eigenvalue weighted by atomic mass is 10.0. The van der Waals surface area contributed by atoms with E-state index in [9.17, 15) is 26.3 Å². The van der Waals surface area contributed by atoms with Crippen LogP contribution in [-0.2, 0) is 26.7 Å². The van der Waals surface area contributed by atoms with Gasteiger partial charge in [0.25, 0.3) is 20.2 Å². The van der Waals surface area contributed by atoms with Crippen molar-refractivity contribution < 1.29 is 35.4 Å². The van der Waals surface area contributed by atoms with E-state index < -0.39 is 26.3 Å². The molecule has 0 unspecified atom stereocenters. The molecule has 0 radical (unpaired) electrons. The van der Waals surface area contributed by atoms with Gasteiger partial charge in [-0.05, 0) is 75.1 Å². The summed E-state index contributed by atoms with van der Waals surface area (Å²) in [4.78, 5) is -0.133. The Kier molecular flexibility index (Phi) is 12.2. The van der Waals surface area contributed by atoms with Crippen LogP contribution in [0.3, 0.4) is 0 Å². The van der Waals surface area contributed by atoms with Crippen LogP contribution in [0.5, 0.6) is 0 Å². The summed E-state index contributed by atoms with van der Waals surface area (Å²) in [5.74, 6) is -0.264. The van der Waals surface area contributed by atoms with Crippen LogP contribution in [0, 0.1) is 19.7 Å². The number of nitrogens with one attached hydrogen (secondary N) is 1. The average Bonchev–Trinajstić information content (AvgIpc) is 3.67. The number of halogens is 1. The molecule has 9 nitrogen and oxygen atoms in total. The average molecular weight is 583 g/mol. The molecule has 1 fully saturated rings. The van der Waals surface area contributed by atoms with Crippen LogP contribution < -0.4 is 11.1 Å². The zero-order valence-electron chi connectivity index (χ0n) is 21.7. The maximum Gasteiger partial charge on any atom is 0.294 e. The molecule has 3 aromatic carbocycles. The number of aliphatic hydroxyl groups excluding tert-OH is 1. The fourth-order valence-corrected chi connectivity index (χ4v) is 4.18. The lowest BCUT2D eigenvalue weighted by Gasteiger charge is -2.19. The highest BCUT2D eigenvalue weighted by atomic mass is 32.2. The standard InChI is InChI=1S/C13H19FN2O.2C7H8O3S/c14-10-3-1-2-9(6-10)7-12(15)13(17)8-16-11-4-5-11;2*1-6-2-4-7(5-3-6)11(8,9)10/h1-3,6,11-13,16-17H,4-5,7-8,15H2;2*2-5H,1H3,(H,8,9,10)/t12-,13+;;/m0../s1. The number of nitrogens with two attached hydrogens (primary N) is 1. The molecule has 0 bridgehead atoms. The van der Waals surface area contributed by atoms with Gasteiger partial charge in [0.1, 0.15) is 5.82 Å². The molecule has 0 saturated heterocycles. The molecule has 0 aromatic heterocycles. The number of hydrogen-bond acceptors (Lipinski definition) is 7. The third kappa shape index (κ3) is 12.8. The van der Waals surface area contributed by atoms with E-state index in [4.69, 9.17) is 14.8 Å². The minimum absolute atomic E-state index is 0.0666. The van der Waals surface area contributed by atoms with Crippen LogP contribution in [0.15, 0.2) is 82.6 Å². The lowest BCUT2D eigenvalue weighted by molar-refractivity contribution is 0.141. The van der Waals surface area contributed by atoms with Crippen molar-refractivity contribution in [1.29, 1.82) is 0 Å². The summed E-state index contributed by atoms with van der Waals surface area (Å²) in [6.45, 7) is 4.20. The van der Waals surface area contributed by atoms with Crippen molar-refractivity contribution in [2.45, 2.75) is 61.1 Å². The smallest absolute Gasteiger partial charge is 0.294 e. The highest BCUT2D eigenvalue weighted by Gasteiger charge is 2.23. The van der Waals surface area contributed by atoms with Crippen molar-refractivity contribution in [1.82, 2.24) is 5.32 Å². The third-order valence-electron chi connectivity index (χ3n) is 5.69. The topological polar surface area (TPSA) is 167 Å². The van der Waals surface area contributed by atoms with Crippen molar-refractivity contribution in [3.8, 4) is 0 Å². The van der Waals surface area contributed by atoms with Crippen molar-refractivity contribution in [2.75, 3.05) is 6.54 Å². The predicted molar refractivity (Wildman–Crippen MR) is 147 cm³/mol. The number of rotatable bonds is 8. The molecule has 4 rings (SSSR count). The predicted octanol–water partition coefficient (Wildman–Crippen LogP) is 3.29. The van der Waals surface area contributed by atoms with Gasteiger partial charge in [-0.15, -0.1) is 0 Å². The van der Waals surface area contributed by atoms with Crippen molar-refractivity contribution in [3.05, 3.63) is 95.3 Å². The summed E-state index contributed by atoms with van der Waals surface area (Å²) >= 11 is 0. The minimum Gasteiger partial charge on any atom is -0.390 e. The molecule has 2 atom stereocenters. The summed E-state index contributed by atoms with van der Waals surface area (Å²) in [5.41, 5.74) is 8.63. The Labute approximate surface area is 229 Å². The second-order valence-corrected chi connectivity index (χ2v) is 12.2. The molecule has 3 aromatic rings. The lowest BCUT2D eigenvalue weighted by Crippen LogP contribution is -2.43. The van der Waals surface area contributed by atoms with Gasteiger partial charge in [0.05, 0.1) is 15.9 Å². The van der Waals surface area contributed by atoms with Crippen LogP contribution in [0.25, 0.3) is 0 Å². The summed E-state index contributed by atoms with van der Waals surface area (Å²) in [5, 5.41) is 13.1. The number of aliphatic hydroxyl groups is 1. The van der Waals surface area contributed by atoms with Crippen molar-refractivity contribution in [2.24, 2.45) is 5.73 Å². The Bertz CT molecular complexity index is 1320. The zero-order chi connectivity index (χ0) is 29.2. The Balaban J connectivity index is 0.000000214. The summed E-state index contributed by atoms with van der Waals surface area (Å²) < 4.78 is 72.1. The maximum atomic E-state index is 13.0. The minimum atomic E-state index is -4.02. The fourth-order valence-electron chi connectivity index (χ4n) is 3.22. The second kappa shape index (κ2) is 14.6. The molecule has 1 saturated carbocycles. The first kappa shape index (κ1) is 32.5. The van der Waals surface area contributed by atoms with E-state index in [0.29, 0.717) is 19.0 Å². The largest absolute Gasteiger partial charge is 0.390 e. The molecule has 1 aliphatic carbocycles. The Morgan fingerprint density at radius 1 is 0.872 bits per heavy atom. The molecule has 214 valence electrons. The molecule has 0 aliphatic heterocycles. The first-order valence-electron chi connectivity index (χ1n) is 12.1. The molecule has 1 aliphatic rings. The number of aryl methyl sites for hydroxylation is 2. The molecule has 6 N–H and O–H groups in total. The van der Waals surface area contributed by atoms with E-state index in [0.717, 1.165) is 16.7 Å². The van der Waals surface area contributed by atoms with E-state index in [1.54, 1.807) is 30.3 Å². The fraction of sp³-hybridized carbons (Fsp3) is 0.333. The van der Waals surface area contributed by atoms with E-state index in [1.165, 1.54) is 49.2 Å². The van der Waals surface area contributed by atoms with Crippen LogP contribution in [0.4, 0.5) is 4.39 Å². The van der Waals surface area contributed by atoms with E-state index in [2.05, 4.69) is 5.32 Å². The molecule has 0 heterocycles. The first-order chi connectivity index (χ1) is 18.1. The van der Waals surface area contributed by atoms with Crippen molar-refractivity contribution in [3.63, 3.8) is 0 Å². The number of hydrogen-bond donors (Lipinski definition) is 5. The van der Waals surface area contributed by atoms with Gasteiger partial charge in [-0.25, -0.2) is 4.39 Å². The number of benzene rings is 3. The van der Waals surface area contributed by atoms with Gasteiger partial charge in [-0.3, -0.25) is 9.11 Å². The molecular weight excluding hydrogens is 547 g/mol. The van der Waals surface area contributed by atoms with Crippen molar-refractivity contribution >= 4 is 20.2 Å². The van der Waals surface area contributed by atoms with E-state index in [-0.39, 0.29) is 21.7 Å². The summed E-state index contributed by atoms with van der Waals surface area (Å²) in [7, 11) is -8.04. The van der Waals surface area contributed by atoms with Gasteiger partial charge in [-0.1, -0.05) is 47.5 Å². The maximum absolute atomic E-state index is 13.0. The van der Waals surface area contributed by atoms with E-state index >= 15 is 0 Å². The Hall–Kier alpha value is -2.71. The SMILES string of the molecule is Cc1ccc(S(=O)(=O)O)cc1.Cc1ccc(S(=O)(=O)O)cc1.N[C@@H](Cc1cccc(F)c1)[C@H](O)CNC1CC1. The van der Waals surface area contributed by atoms with Crippen LogP contribution in [-0.4, -0.2) is 55.8 Å². The van der Waals surface area contributed by atoms with Gasteiger partial charge in [0, 0.05) is 18.6 Å². The normalized spacial score (nSPS) is 14.7. The highest BCUT2D eigenvalue weighted by molar-refractivity contribution is 7.86. The van der Waals surface area contributed by atoms with Gasteiger partial charge in [0.15, 0.2) is 0 Å². The molecule has 12 heteroatoms. The van der Waals surface area contributed by atoms with Gasteiger partial charge in [-0.2, -0.15) is 16.8 Å². The Morgan fingerprint density at radius 2 is 1.33 bits per heavy atom. The summed E-state index contributed by atoms with van der Waals surface area (Å²) in [6.07, 6.45) is 2.28. The van der Waals surface area contributed by atoms with Crippen LogP contribution >= 0.6 is 0 Å². The van der Waals surface area contributed by atoms with Gasteiger partial charge in [0.2, 0.25) is 0 Å². The molecule has 0 spiro atoms. The monoisotopic (exact) mass is 582 g/mol. The van der Waals surface area contributed by atoms with Crippen LogP contribution in [0.1, 0.15) is 29.5 Å². The van der Waals surface area contributed by atoms with Crippen LogP contribution in [0.2, 0.25) is 0 Å². The Morgan fingerprint density at radius 3 is 1.72 bits per heavy atom. The summed E-state index contributed by atoms with van der Waals surface area (Å²) in [6, 6.07) is 18.5. The van der Waals surface area contributed by atoms with Gasteiger partial charge < -0.3 is 16.2 Å². The van der Waals surface area contributed by atoms with E-state index in [1.807, 2.05) is 19.9 Å². The second-order valence-electron chi connectivity index (χ2n) is 9.32.